The molecule has 9 nitrogen and oxygen atoms in total. The summed E-state index contributed by atoms with van der Waals surface area (Å²) in [6.07, 6.45) is 0.127. The van der Waals surface area contributed by atoms with Crippen LogP contribution in [0.25, 0.3) is 11.3 Å². The van der Waals surface area contributed by atoms with Gasteiger partial charge in [0.05, 0.1) is 18.0 Å². The number of thiazole rings is 1. The quantitative estimate of drug-likeness (QED) is 0.499. The highest BCUT2D eigenvalue weighted by Gasteiger charge is 2.37. The lowest BCUT2D eigenvalue weighted by molar-refractivity contribution is -0.135. The molecule has 0 fully saturated rings. The molecule has 1 atom stereocenters. The van der Waals surface area contributed by atoms with Gasteiger partial charge in [-0.15, -0.1) is 11.3 Å². The Kier molecular flexibility index (Phi) is 6.98. The van der Waals surface area contributed by atoms with Crippen LogP contribution in [-0.2, 0) is 19.1 Å². The lowest BCUT2D eigenvalue weighted by Crippen LogP contribution is -2.38. The van der Waals surface area contributed by atoms with Gasteiger partial charge in [0.15, 0.2) is 5.13 Å². The topological polar surface area (TPSA) is 113 Å². The van der Waals surface area contributed by atoms with Crippen molar-refractivity contribution in [2.24, 2.45) is 5.10 Å². The van der Waals surface area contributed by atoms with E-state index in [2.05, 4.69) is 20.7 Å². The van der Waals surface area contributed by atoms with Crippen LogP contribution in [0, 0.1) is 0 Å². The van der Waals surface area contributed by atoms with Crippen LogP contribution in [0.4, 0.5) is 16.5 Å². The second kappa shape index (κ2) is 10.3. The predicted octanol–water partition coefficient (Wildman–Crippen LogP) is 3.91. The molecule has 4 rings (SSSR count). The number of carbonyl (C=O) groups is 3. The molecule has 2 aromatic carbocycles. The summed E-state index contributed by atoms with van der Waals surface area (Å²) in [6, 6.07) is 15.7. The highest BCUT2D eigenvalue weighted by molar-refractivity contribution is 7.14. The number of aromatic nitrogens is 1. The van der Waals surface area contributed by atoms with Gasteiger partial charge in [0.25, 0.3) is 5.91 Å². The molecular weight excluding hydrogens is 454 g/mol. The van der Waals surface area contributed by atoms with Crippen LogP contribution < -0.4 is 15.6 Å². The lowest BCUT2D eigenvalue weighted by atomic mass is 10.1. The van der Waals surface area contributed by atoms with Crippen molar-refractivity contribution >= 4 is 51.3 Å². The SMILES string of the molecule is CCOC(=O)C1=NN(c2ccccc2)C(C(=O)Nc2nc(-c3ccc(NC(C)=O)cc3)cs2)C1. The fourth-order valence-corrected chi connectivity index (χ4v) is 4.17. The molecule has 2 heterocycles. The molecule has 0 bridgehead atoms. The molecule has 2 N–H and O–H groups in total. The molecule has 1 aliphatic heterocycles. The number of benzene rings is 2. The van der Waals surface area contributed by atoms with Gasteiger partial charge in [-0.2, -0.15) is 5.10 Å². The van der Waals surface area contributed by atoms with Crippen LogP contribution in [0.3, 0.4) is 0 Å². The predicted molar refractivity (Wildman–Crippen MR) is 132 cm³/mol. The molecule has 34 heavy (non-hydrogen) atoms. The van der Waals surface area contributed by atoms with E-state index in [1.54, 1.807) is 19.1 Å². The maximum Gasteiger partial charge on any atom is 0.354 e. The van der Waals surface area contributed by atoms with Crippen molar-refractivity contribution < 1.29 is 19.1 Å². The molecule has 1 aromatic heterocycles. The largest absolute Gasteiger partial charge is 0.461 e. The van der Waals surface area contributed by atoms with Crippen molar-refractivity contribution in [2.45, 2.75) is 26.3 Å². The van der Waals surface area contributed by atoms with Crippen molar-refractivity contribution in [3.63, 3.8) is 0 Å². The van der Waals surface area contributed by atoms with Crippen LogP contribution in [0.2, 0.25) is 0 Å². The number of nitrogens with zero attached hydrogens (tertiary/aromatic N) is 3. The van der Waals surface area contributed by atoms with E-state index in [4.69, 9.17) is 4.74 Å². The van der Waals surface area contributed by atoms with E-state index in [0.717, 1.165) is 5.56 Å². The number of hydrogen-bond donors (Lipinski definition) is 2. The van der Waals surface area contributed by atoms with E-state index < -0.39 is 12.0 Å². The summed E-state index contributed by atoms with van der Waals surface area (Å²) >= 11 is 1.30. The molecule has 0 saturated carbocycles. The van der Waals surface area contributed by atoms with Gasteiger partial charge < -0.3 is 15.4 Å². The highest BCUT2D eigenvalue weighted by Crippen LogP contribution is 2.29. The van der Waals surface area contributed by atoms with E-state index in [9.17, 15) is 14.4 Å². The van der Waals surface area contributed by atoms with Crippen LogP contribution in [0.15, 0.2) is 65.1 Å². The Balaban J connectivity index is 1.49. The zero-order valence-corrected chi connectivity index (χ0v) is 19.5. The second-order valence-corrected chi connectivity index (χ2v) is 8.31. The van der Waals surface area contributed by atoms with E-state index in [1.165, 1.54) is 23.3 Å². The Hall–Kier alpha value is -4.05. The first kappa shape index (κ1) is 23.1. The number of ether oxygens (including phenoxy) is 1. The van der Waals surface area contributed by atoms with Gasteiger partial charge in [0.1, 0.15) is 11.8 Å². The molecule has 0 radical (unpaired) electrons. The minimum Gasteiger partial charge on any atom is -0.461 e. The van der Waals surface area contributed by atoms with Crippen LogP contribution >= 0.6 is 11.3 Å². The van der Waals surface area contributed by atoms with Crippen LogP contribution in [0.1, 0.15) is 20.3 Å². The Morgan fingerprint density at radius 2 is 1.82 bits per heavy atom. The fraction of sp³-hybridized carbons (Fsp3) is 0.208. The number of carbonyl (C=O) groups excluding carboxylic acids is 3. The van der Waals surface area contributed by atoms with Crippen molar-refractivity contribution in [3.8, 4) is 11.3 Å². The summed E-state index contributed by atoms with van der Waals surface area (Å²) in [5.74, 6) is -0.996. The lowest BCUT2D eigenvalue weighted by Gasteiger charge is -2.22. The molecule has 1 unspecified atom stereocenters. The summed E-state index contributed by atoms with van der Waals surface area (Å²) in [6.45, 7) is 3.40. The van der Waals surface area contributed by atoms with Crippen molar-refractivity contribution in [2.75, 3.05) is 22.2 Å². The number of rotatable bonds is 7. The smallest absolute Gasteiger partial charge is 0.354 e. The average Bonchev–Trinajstić information content (AvgIpc) is 3.48. The fourth-order valence-electron chi connectivity index (χ4n) is 3.45. The van der Waals surface area contributed by atoms with Gasteiger partial charge in [-0.3, -0.25) is 14.6 Å². The number of amides is 2. The van der Waals surface area contributed by atoms with E-state index in [-0.39, 0.29) is 30.6 Å². The first-order chi connectivity index (χ1) is 16.4. The Bertz CT molecular complexity index is 1220. The summed E-state index contributed by atoms with van der Waals surface area (Å²) in [5.41, 5.74) is 3.14. The van der Waals surface area contributed by atoms with E-state index in [0.29, 0.717) is 22.2 Å². The minimum absolute atomic E-state index is 0.127. The molecule has 0 saturated heterocycles. The van der Waals surface area contributed by atoms with Crippen molar-refractivity contribution in [3.05, 3.63) is 60.0 Å². The number of esters is 1. The summed E-state index contributed by atoms with van der Waals surface area (Å²) in [5, 5.41) is 13.8. The standard InChI is InChI=1S/C24H23N5O4S/c1-3-33-23(32)19-13-21(29(28-19)18-7-5-4-6-8-18)22(31)27-24-26-20(14-34-24)16-9-11-17(12-10-16)25-15(2)30/h4-12,14,21H,3,13H2,1-2H3,(H,25,30)(H,26,27,31). The summed E-state index contributed by atoms with van der Waals surface area (Å²) in [4.78, 5) is 41.1. The highest BCUT2D eigenvalue weighted by atomic mass is 32.1. The summed E-state index contributed by atoms with van der Waals surface area (Å²) in [7, 11) is 0. The minimum atomic E-state index is -0.717. The molecule has 174 valence electrons. The third-order valence-corrected chi connectivity index (χ3v) is 5.74. The molecule has 1 aliphatic rings. The summed E-state index contributed by atoms with van der Waals surface area (Å²) < 4.78 is 5.08. The monoisotopic (exact) mass is 477 g/mol. The van der Waals surface area contributed by atoms with Gasteiger partial charge >= 0.3 is 5.97 Å². The molecule has 3 aromatic rings. The Morgan fingerprint density at radius 3 is 2.50 bits per heavy atom. The second-order valence-electron chi connectivity index (χ2n) is 7.45. The number of nitrogens with one attached hydrogen (secondary N) is 2. The normalized spacial score (nSPS) is 14.9. The third-order valence-electron chi connectivity index (χ3n) is 4.98. The molecule has 10 heteroatoms. The van der Waals surface area contributed by atoms with Crippen molar-refractivity contribution in [1.82, 2.24) is 4.98 Å². The maximum atomic E-state index is 13.2. The average molecular weight is 478 g/mol. The first-order valence-electron chi connectivity index (χ1n) is 10.7. The van der Waals surface area contributed by atoms with Gasteiger partial charge in [0, 0.05) is 30.0 Å². The van der Waals surface area contributed by atoms with Gasteiger partial charge in [-0.25, -0.2) is 9.78 Å². The Morgan fingerprint density at radius 1 is 1.09 bits per heavy atom. The Labute approximate surface area is 200 Å². The molecule has 0 spiro atoms. The zero-order chi connectivity index (χ0) is 24.1. The molecule has 0 aliphatic carbocycles. The molecular formula is C24H23N5O4S. The third kappa shape index (κ3) is 5.29. The van der Waals surface area contributed by atoms with E-state index in [1.807, 2.05) is 47.8 Å². The number of hydrogen-bond acceptors (Lipinski definition) is 8. The number of para-hydroxylation sites is 1. The number of anilines is 3. The van der Waals surface area contributed by atoms with Crippen molar-refractivity contribution in [1.29, 1.82) is 0 Å². The number of hydrazone groups is 1. The van der Waals surface area contributed by atoms with Gasteiger partial charge in [0.2, 0.25) is 5.91 Å². The van der Waals surface area contributed by atoms with Gasteiger partial charge in [-0.05, 0) is 31.2 Å². The molecule has 2 amide bonds. The van der Waals surface area contributed by atoms with Crippen LogP contribution in [-0.4, -0.2) is 41.1 Å². The zero-order valence-electron chi connectivity index (χ0n) is 18.6. The van der Waals surface area contributed by atoms with Gasteiger partial charge in [-0.1, -0.05) is 30.3 Å². The van der Waals surface area contributed by atoms with Crippen LogP contribution in [0.5, 0.6) is 0 Å². The maximum absolute atomic E-state index is 13.2. The van der Waals surface area contributed by atoms with E-state index >= 15 is 0 Å². The first-order valence-corrected chi connectivity index (χ1v) is 11.6.